The summed E-state index contributed by atoms with van der Waals surface area (Å²) < 4.78 is 0. The van der Waals surface area contributed by atoms with E-state index in [-0.39, 0.29) is 11.8 Å². The van der Waals surface area contributed by atoms with E-state index < -0.39 is 0 Å². The summed E-state index contributed by atoms with van der Waals surface area (Å²) in [7, 11) is 0. The standard InChI is InChI=1S/C10H14N4O/c1-7-4-13-9(5-12-7)14-6-8(3-11)2-10(14)15/h4-5,8H,2-3,6,11H2,1H3. The maximum atomic E-state index is 11.6. The van der Waals surface area contributed by atoms with E-state index >= 15 is 0 Å². The number of hydrogen-bond acceptors (Lipinski definition) is 4. The Balaban J connectivity index is 2.18. The minimum absolute atomic E-state index is 0.0867. The number of aromatic nitrogens is 2. The zero-order chi connectivity index (χ0) is 10.8. The first-order valence-electron chi connectivity index (χ1n) is 5.00. The maximum absolute atomic E-state index is 11.6. The molecule has 5 nitrogen and oxygen atoms in total. The van der Waals surface area contributed by atoms with E-state index in [1.54, 1.807) is 17.3 Å². The topological polar surface area (TPSA) is 72.1 Å². The Hall–Kier alpha value is -1.49. The van der Waals surface area contributed by atoms with Gasteiger partial charge in [-0.3, -0.25) is 14.7 Å². The SMILES string of the molecule is Cc1cnc(N2CC(CN)CC2=O)cn1. The second-order valence-electron chi connectivity index (χ2n) is 3.83. The molecule has 0 aliphatic carbocycles. The lowest BCUT2D eigenvalue weighted by atomic mass is 10.1. The van der Waals surface area contributed by atoms with Crippen LogP contribution in [0.2, 0.25) is 0 Å². The molecule has 1 aromatic rings. The van der Waals surface area contributed by atoms with Gasteiger partial charge in [0.25, 0.3) is 0 Å². The van der Waals surface area contributed by atoms with E-state index in [2.05, 4.69) is 9.97 Å². The molecule has 1 aromatic heterocycles. The van der Waals surface area contributed by atoms with Crippen molar-refractivity contribution in [2.24, 2.45) is 11.7 Å². The number of nitrogens with two attached hydrogens (primary N) is 1. The van der Waals surface area contributed by atoms with Crippen molar-refractivity contribution in [1.82, 2.24) is 9.97 Å². The predicted molar refractivity (Wildman–Crippen MR) is 56.3 cm³/mol. The number of amides is 1. The predicted octanol–water partition coefficient (Wildman–Crippen LogP) is 0.0966. The van der Waals surface area contributed by atoms with E-state index in [0.29, 0.717) is 25.3 Å². The van der Waals surface area contributed by atoms with Gasteiger partial charge in [0.1, 0.15) is 0 Å². The Labute approximate surface area is 88.3 Å². The minimum atomic E-state index is 0.0867. The third-order valence-corrected chi connectivity index (χ3v) is 2.58. The Bertz CT molecular complexity index is 362. The third-order valence-electron chi connectivity index (χ3n) is 2.58. The Morgan fingerprint density at radius 3 is 2.87 bits per heavy atom. The molecule has 1 atom stereocenters. The van der Waals surface area contributed by atoms with E-state index in [1.807, 2.05) is 6.92 Å². The molecule has 1 amide bonds. The van der Waals surface area contributed by atoms with Gasteiger partial charge >= 0.3 is 0 Å². The summed E-state index contributed by atoms with van der Waals surface area (Å²) in [6.07, 6.45) is 3.82. The molecule has 1 saturated heterocycles. The number of nitrogens with zero attached hydrogens (tertiary/aromatic N) is 3. The van der Waals surface area contributed by atoms with Crippen LogP contribution in [-0.4, -0.2) is 29.0 Å². The second-order valence-corrected chi connectivity index (χ2v) is 3.83. The van der Waals surface area contributed by atoms with Crippen molar-refractivity contribution in [3.05, 3.63) is 18.1 Å². The molecule has 2 heterocycles. The fraction of sp³-hybridized carbons (Fsp3) is 0.500. The number of hydrogen-bond donors (Lipinski definition) is 1. The molecular formula is C10H14N4O. The van der Waals surface area contributed by atoms with Gasteiger partial charge in [0.2, 0.25) is 5.91 Å². The van der Waals surface area contributed by atoms with Crippen molar-refractivity contribution >= 4 is 11.7 Å². The van der Waals surface area contributed by atoms with Gasteiger partial charge in [0, 0.05) is 13.0 Å². The number of aryl methyl sites for hydroxylation is 1. The first kappa shape index (κ1) is 10.0. The van der Waals surface area contributed by atoms with Crippen LogP contribution in [0, 0.1) is 12.8 Å². The molecule has 1 aliphatic rings. The summed E-state index contributed by atoms with van der Waals surface area (Å²) in [5.74, 6) is 0.964. The van der Waals surface area contributed by atoms with E-state index in [0.717, 1.165) is 5.69 Å². The zero-order valence-electron chi connectivity index (χ0n) is 8.68. The molecule has 1 aliphatic heterocycles. The molecule has 2 rings (SSSR count). The van der Waals surface area contributed by atoms with Crippen LogP contribution in [0.15, 0.2) is 12.4 Å². The largest absolute Gasteiger partial charge is 0.330 e. The van der Waals surface area contributed by atoms with Gasteiger partial charge < -0.3 is 5.73 Å². The van der Waals surface area contributed by atoms with Crippen molar-refractivity contribution in [3.63, 3.8) is 0 Å². The molecule has 80 valence electrons. The molecule has 0 saturated carbocycles. The highest BCUT2D eigenvalue weighted by atomic mass is 16.2. The summed E-state index contributed by atoms with van der Waals surface area (Å²) in [6.45, 7) is 3.07. The van der Waals surface area contributed by atoms with Crippen LogP contribution in [0.5, 0.6) is 0 Å². The zero-order valence-corrected chi connectivity index (χ0v) is 8.68. The summed E-state index contributed by atoms with van der Waals surface area (Å²) in [5, 5.41) is 0. The van der Waals surface area contributed by atoms with Gasteiger partial charge in [-0.05, 0) is 19.4 Å². The average molecular weight is 206 g/mol. The molecule has 0 radical (unpaired) electrons. The quantitative estimate of drug-likeness (QED) is 0.744. The van der Waals surface area contributed by atoms with Crippen molar-refractivity contribution < 1.29 is 4.79 Å². The average Bonchev–Trinajstić information content (AvgIpc) is 2.61. The van der Waals surface area contributed by atoms with Crippen molar-refractivity contribution in [2.45, 2.75) is 13.3 Å². The smallest absolute Gasteiger partial charge is 0.228 e. The molecule has 15 heavy (non-hydrogen) atoms. The first-order chi connectivity index (χ1) is 7.20. The highest BCUT2D eigenvalue weighted by Gasteiger charge is 2.30. The van der Waals surface area contributed by atoms with Gasteiger partial charge in [-0.1, -0.05) is 0 Å². The maximum Gasteiger partial charge on any atom is 0.228 e. The van der Waals surface area contributed by atoms with Gasteiger partial charge in [-0.25, -0.2) is 4.98 Å². The van der Waals surface area contributed by atoms with Crippen LogP contribution >= 0.6 is 0 Å². The highest BCUT2D eigenvalue weighted by Crippen LogP contribution is 2.21. The molecule has 1 fully saturated rings. The normalized spacial score (nSPS) is 21.1. The van der Waals surface area contributed by atoms with Crippen molar-refractivity contribution in [2.75, 3.05) is 18.0 Å². The minimum Gasteiger partial charge on any atom is -0.330 e. The van der Waals surface area contributed by atoms with Crippen molar-refractivity contribution in [3.8, 4) is 0 Å². The molecule has 5 heteroatoms. The second kappa shape index (κ2) is 3.94. The number of rotatable bonds is 2. The van der Waals surface area contributed by atoms with Crippen LogP contribution in [-0.2, 0) is 4.79 Å². The van der Waals surface area contributed by atoms with E-state index in [9.17, 15) is 4.79 Å². The fourth-order valence-corrected chi connectivity index (χ4v) is 1.69. The van der Waals surface area contributed by atoms with Crippen molar-refractivity contribution in [1.29, 1.82) is 0 Å². The molecule has 1 unspecified atom stereocenters. The van der Waals surface area contributed by atoms with Crippen LogP contribution < -0.4 is 10.6 Å². The van der Waals surface area contributed by atoms with Crippen LogP contribution in [0.3, 0.4) is 0 Å². The summed E-state index contributed by atoms with van der Waals surface area (Å²) in [5.41, 5.74) is 6.39. The number of carbonyl (C=O) groups is 1. The number of anilines is 1. The third kappa shape index (κ3) is 1.97. The van der Waals surface area contributed by atoms with Gasteiger partial charge in [0.15, 0.2) is 5.82 Å². The first-order valence-corrected chi connectivity index (χ1v) is 5.00. The highest BCUT2D eigenvalue weighted by molar-refractivity contribution is 5.94. The Morgan fingerprint density at radius 2 is 2.33 bits per heavy atom. The number of carbonyl (C=O) groups excluding carboxylic acids is 1. The van der Waals surface area contributed by atoms with Crippen LogP contribution in [0.1, 0.15) is 12.1 Å². The molecule has 2 N–H and O–H groups in total. The van der Waals surface area contributed by atoms with Crippen LogP contribution in [0.25, 0.3) is 0 Å². The lowest BCUT2D eigenvalue weighted by Gasteiger charge is -2.14. The fourth-order valence-electron chi connectivity index (χ4n) is 1.69. The Morgan fingerprint density at radius 1 is 1.53 bits per heavy atom. The van der Waals surface area contributed by atoms with Gasteiger partial charge in [0.05, 0.1) is 18.1 Å². The van der Waals surface area contributed by atoms with E-state index in [4.69, 9.17) is 5.73 Å². The lowest BCUT2D eigenvalue weighted by Crippen LogP contribution is -2.26. The monoisotopic (exact) mass is 206 g/mol. The summed E-state index contributed by atoms with van der Waals surface area (Å²) in [4.78, 5) is 21.6. The Kier molecular flexibility index (Phi) is 2.64. The van der Waals surface area contributed by atoms with Crippen LogP contribution in [0.4, 0.5) is 5.82 Å². The molecule has 0 aromatic carbocycles. The van der Waals surface area contributed by atoms with E-state index in [1.165, 1.54) is 0 Å². The van der Waals surface area contributed by atoms with Gasteiger partial charge in [-0.15, -0.1) is 0 Å². The summed E-state index contributed by atoms with van der Waals surface area (Å²) >= 11 is 0. The molecular weight excluding hydrogens is 192 g/mol. The molecule has 0 spiro atoms. The summed E-state index contributed by atoms with van der Waals surface area (Å²) in [6, 6.07) is 0. The molecule has 0 bridgehead atoms. The van der Waals surface area contributed by atoms with Gasteiger partial charge in [-0.2, -0.15) is 0 Å². The lowest BCUT2D eigenvalue weighted by molar-refractivity contribution is -0.117.